The zero-order valence-electron chi connectivity index (χ0n) is 11.7. The number of nitrogens with one attached hydrogen (secondary N) is 1. The molecule has 0 bridgehead atoms. The lowest BCUT2D eigenvalue weighted by atomic mass is 9.84. The van der Waals surface area contributed by atoms with Crippen LogP contribution >= 0.6 is 15.9 Å². The number of rotatable bonds is 5. The van der Waals surface area contributed by atoms with Gasteiger partial charge in [0.2, 0.25) is 0 Å². The summed E-state index contributed by atoms with van der Waals surface area (Å²) in [4.78, 5) is 9.17. The molecule has 0 atom stereocenters. The first-order valence-electron chi connectivity index (χ1n) is 7.04. The summed E-state index contributed by atoms with van der Waals surface area (Å²) in [6.07, 6.45) is 8.58. The monoisotopic (exact) mass is 327 g/mol. The van der Waals surface area contributed by atoms with Gasteiger partial charge in [-0.1, -0.05) is 26.2 Å². The fraction of sp³-hybridized carbons (Fsp3) is 0.714. The van der Waals surface area contributed by atoms with E-state index in [1.807, 2.05) is 6.20 Å². The highest BCUT2D eigenvalue weighted by Gasteiger charge is 2.37. The molecule has 1 aromatic heterocycles. The van der Waals surface area contributed by atoms with Crippen LogP contribution in [0.3, 0.4) is 0 Å². The SMILES string of the molecule is CCCNc1nc(C2(OC)CCCCC2)ncc1Br. The van der Waals surface area contributed by atoms with Crippen molar-refractivity contribution in [1.82, 2.24) is 9.97 Å². The van der Waals surface area contributed by atoms with Gasteiger partial charge in [0, 0.05) is 19.9 Å². The normalized spacial score (nSPS) is 18.3. The second kappa shape index (κ2) is 6.66. The largest absolute Gasteiger partial charge is 0.370 e. The predicted octanol–water partition coefficient (Wildman–Crippen LogP) is 3.87. The Morgan fingerprint density at radius 3 is 2.74 bits per heavy atom. The average molecular weight is 328 g/mol. The Kier molecular flexibility index (Phi) is 5.16. The molecule has 1 fully saturated rings. The molecule has 4 nitrogen and oxygen atoms in total. The van der Waals surface area contributed by atoms with Crippen molar-refractivity contribution in [3.05, 3.63) is 16.5 Å². The molecule has 1 aromatic rings. The summed E-state index contributed by atoms with van der Waals surface area (Å²) in [5.74, 6) is 1.69. The number of anilines is 1. The minimum Gasteiger partial charge on any atom is -0.370 e. The Hall–Kier alpha value is -0.680. The number of nitrogens with zero attached hydrogens (tertiary/aromatic N) is 2. The molecule has 0 spiro atoms. The lowest BCUT2D eigenvalue weighted by molar-refractivity contribution is -0.0514. The molecule has 1 saturated carbocycles. The van der Waals surface area contributed by atoms with Crippen molar-refractivity contribution in [3.8, 4) is 0 Å². The first-order chi connectivity index (χ1) is 9.22. The molecular weight excluding hydrogens is 306 g/mol. The minimum atomic E-state index is -0.290. The zero-order valence-corrected chi connectivity index (χ0v) is 13.3. The first-order valence-corrected chi connectivity index (χ1v) is 7.83. The van der Waals surface area contributed by atoms with Gasteiger partial charge in [0.25, 0.3) is 0 Å². The summed E-state index contributed by atoms with van der Waals surface area (Å²) in [5, 5.41) is 3.33. The molecule has 106 valence electrons. The second-order valence-electron chi connectivity index (χ2n) is 5.08. The minimum absolute atomic E-state index is 0.290. The van der Waals surface area contributed by atoms with Crippen LogP contribution in [0.4, 0.5) is 5.82 Å². The number of halogens is 1. The van der Waals surface area contributed by atoms with Crippen molar-refractivity contribution in [3.63, 3.8) is 0 Å². The van der Waals surface area contributed by atoms with Crippen LogP contribution in [-0.2, 0) is 10.3 Å². The fourth-order valence-corrected chi connectivity index (χ4v) is 2.93. The summed E-state index contributed by atoms with van der Waals surface area (Å²) < 4.78 is 6.71. The highest BCUT2D eigenvalue weighted by molar-refractivity contribution is 9.10. The smallest absolute Gasteiger partial charge is 0.162 e. The average Bonchev–Trinajstić information content (AvgIpc) is 2.47. The molecule has 19 heavy (non-hydrogen) atoms. The zero-order chi connectivity index (χ0) is 13.7. The predicted molar refractivity (Wildman–Crippen MR) is 80.3 cm³/mol. The van der Waals surface area contributed by atoms with Gasteiger partial charge < -0.3 is 10.1 Å². The fourth-order valence-electron chi connectivity index (χ4n) is 2.60. The van der Waals surface area contributed by atoms with Crippen LogP contribution in [-0.4, -0.2) is 23.6 Å². The summed E-state index contributed by atoms with van der Waals surface area (Å²) in [6, 6.07) is 0. The number of hydrogen-bond acceptors (Lipinski definition) is 4. The van der Waals surface area contributed by atoms with Gasteiger partial charge in [0.05, 0.1) is 4.47 Å². The van der Waals surface area contributed by atoms with Crippen molar-refractivity contribution in [2.24, 2.45) is 0 Å². The summed E-state index contributed by atoms with van der Waals surface area (Å²) in [6.45, 7) is 3.05. The molecule has 1 aliphatic rings. The van der Waals surface area contributed by atoms with Crippen LogP contribution in [0.2, 0.25) is 0 Å². The van der Waals surface area contributed by atoms with E-state index >= 15 is 0 Å². The van der Waals surface area contributed by atoms with Crippen LogP contribution in [0.15, 0.2) is 10.7 Å². The molecule has 0 radical (unpaired) electrons. The van der Waals surface area contributed by atoms with Gasteiger partial charge in [-0.05, 0) is 35.2 Å². The summed E-state index contributed by atoms with van der Waals surface area (Å²) in [7, 11) is 1.77. The highest BCUT2D eigenvalue weighted by Crippen LogP contribution is 2.39. The molecule has 5 heteroatoms. The van der Waals surface area contributed by atoms with E-state index in [0.29, 0.717) is 0 Å². The van der Waals surface area contributed by atoms with Crippen molar-refractivity contribution in [2.75, 3.05) is 19.0 Å². The number of hydrogen-bond donors (Lipinski definition) is 1. The quantitative estimate of drug-likeness (QED) is 0.891. The Labute approximate surface area is 123 Å². The van der Waals surface area contributed by atoms with Crippen LogP contribution in [0.25, 0.3) is 0 Å². The van der Waals surface area contributed by atoms with Crippen LogP contribution in [0.1, 0.15) is 51.3 Å². The maximum atomic E-state index is 5.80. The maximum absolute atomic E-state index is 5.80. The van der Waals surface area contributed by atoms with Gasteiger partial charge in [0.1, 0.15) is 11.4 Å². The van der Waals surface area contributed by atoms with Crippen LogP contribution in [0, 0.1) is 0 Å². The van der Waals surface area contributed by atoms with Crippen molar-refractivity contribution < 1.29 is 4.74 Å². The third-order valence-electron chi connectivity index (χ3n) is 3.75. The third-order valence-corrected chi connectivity index (χ3v) is 4.33. The standard InChI is InChI=1S/C14H22BrN3O/c1-3-9-16-12-11(15)10-17-13(18-12)14(19-2)7-5-4-6-8-14/h10H,3-9H2,1-2H3,(H,16,17,18). The maximum Gasteiger partial charge on any atom is 0.162 e. The molecule has 0 unspecified atom stereocenters. The highest BCUT2D eigenvalue weighted by atomic mass is 79.9. The van der Waals surface area contributed by atoms with E-state index in [1.54, 1.807) is 7.11 Å². The summed E-state index contributed by atoms with van der Waals surface area (Å²) in [5.41, 5.74) is -0.290. The van der Waals surface area contributed by atoms with Gasteiger partial charge >= 0.3 is 0 Å². The number of ether oxygens (including phenoxy) is 1. The van der Waals surface area contributed by atoms with E-state index in [-0.39, 0.29) is 5.60 Å². The van der Waals surface area contributed by atoms with Gasteiger partial charge in [-0.3, -0.25) is 0 Å². The topological polar surface area (TPSA) is 47.0 Å². The molecule has 2 rings (SSSR count). The first kappa shape index (κ1) is 14.7. The molecule has 0 amide bonds. The molecular formula is C14H22BrN3O. The van der Waals surface area contributed by atoms with E-state index in [9.17, 15) is 0 Å². The van der Waals surface area contributed by atoms with E-state index in [1.165, 1.54) is 19.3 Å². The van der Waals surface area contributed by atoms with E-state index in [2.05, 4.69) is 38.1 Å². The Morgan fingerprint density at radius 1 is 1.37 bits per heavy atom. The van der Waals surface area contributed by atoms with Crippen LogP contribution < -0.4 is 5.32 Å². The van der Waals surface area contributed by atoms with Crippen LogP contribution in [0.5, 0.6) is 0 Å². The third kappa shape index (κ3) is 3.26. The van der Waals surface area contributed by atoms with E-state index < -0.39 is 0 Å². The number of methoxy groups -OCH3 is 1. The van der Waals surface area contributed by atoms with E-state index in [4.69, 9.17) is 4.74 Å². The molecule has 0 aromatic carbocycles. The Bertz CT molecular complexity index is 419. The molecule has 0 aliphatic heterocycles. The van der Waals surface area contributed by atoms with Gasteiger partial charge in [0.15, 0.2) is 5.82 Å². The van der Waals surface area contributed by atoms with Gasteiger partial charge in [-0.25, -0.2) is 9.97 Å². The lowest BCUT2D eigenvalue weighted by Crippen LogP contribution is -2.33. The molecule has 1 aliphatic carbocycles. The van der Waals surface area contributed by atoms with Gasteiger partial charge in [-0.2, -0.15) is 0 Å². The van der Waals surface area contributed by atoms with E-state index in [0.717, 1.165) is 41.9 Å². The van der Waals surface area contributed by atoms with Gasteiger partial charge in [-0.15, -0.1) is 0 Å². The lowest BCUT2D eigenvalue weighted by Gasteiger charge is -2.34. The summed E-state index contributed by atoms with van der Waals surface area (Å²) >= 11 is 3.50. The second-order valence-corrected chi connectivity index (χ2v) is 5.93. The Balaban J connectivity index is 2.27. The molecule has 1 heterocycles. The van der Waals surface area contributed by atoms with Crippen molar-refractivity contribution >= 4 is 21.7 Å². The number of aromatic nitrogens is 2. The molecule has 1 N–H and O–H groups in total. The molecule has 0 saturated heterocycles. The Morgan fingerprint density at radius 2 is 2.11 bits per heavy atom. The van der Waals surface area contributed by atoms with Crippen molar-refractivity contribution in [1.29, 1.82) is 0 Å². The van der Waals surface area contributed by atoms with Crippen molar-refractivity contribution in [2.45, 2.75) is 51.0 Å².